The van der Waals surface area contributed by atoms with Crippen LogP contribution in [0, 0.1) is 12.7 Å². The fourth-order valence-electron chi connectivity index (χ4n) is 1.54. The molecule has 2 aromatic heterocycles. The van der Waals surface area contributed by atoms with Crippen LogP contribution in [-0.4, -0.2) is 10.1 Å². The van der Waals surface area contributed by atoms with Crippen molar-refractivity contribution in [3.8, 4) is 0 Å². The van der Waals surface area contributed by atoms with Gasteiger partial charge in [-0.3, -0.25) is 4.98 Å². The molecule has 0 aliphatic rings. The van der Waals surface area contributed by atoms with E-state index in [-0.39, 0.29) is 11.9 Å². The fraction of sp³-hybridized carbons (Fsp3) is 0.333. The first-order valence-corrected chi connectivity index (χ1v) is 5.41. The number of aryl methyl sites for hydroxylation is 1. The van der Waals surface area contributed by atoms with Crippen molar-refractivity contribution in [3.63, 3.8) is 0 Å². The summed E-state index contributed by atoms with van der Waals surface area (Å²) in [7, 11) is 0. The van der Waals surface area contributed by atoms with Gasteiger partial charge in [0.25, 0.3) is 0 Å². The third-order valence-electron chi connectivity index (χ3n) is 2.49. The molecule has 0 amide bonds. The zero-order valence-corrected chi connectivity index (χ0v) is 9.77. The van der Waals surface area contributed by atoms with Crippen LogP contribution in [0.4, 0.5) is 4.39 Å². The van der Waals surface area contributed by atoms with Crippen LogP contribution < -0.4 is 5.32 Å². The Kier molecular flexibility index (Phi) is 3.49. The van der Waals surface area contributed by atoms with Crippen LogP contribution in [0.3, 0.4) is 0 Å². The first-order valence-electron chi connectivity index (χ1n) is 5.41. The normalized spacial score (nSPS) is 12.6. The van der Waals surface area contributed by atoms with Crippen molar-refractivity contribution in [1.82, 2.24) is 15.5 Å². The fourth-order valence-corrected chi connectivity index (χ4v) is 1.54. The van der Waals surface area contributed by atoms with Gasteiger partial charge in [-0.1, -0.05) is 5.16 Å². The molecule has 1 atom stereocenters. The summed E-state index contributed by atoms with van der Waals surface area (Å²) in [6, 6.07) is 3.34. The summed E-state index contributed by atoms with van der Waals surface area (Å²) in [6.07, 6.45) is 2.84. The van der Waals surface area contributed by atoms with Gasteiger partial charge in [0.05, 0.1) is 18.4 Å². The van der Waals surface area contributed by atoms with E-state index in [1.54, 1.807) is 6.20 Å². The summed E-state index contributed by atoms with van der Waals surface area (Å²) in [5, 5.41) is 7.01. The molecule has 0 bridgehead atoms. The molecule has 0 radical (unpaired) electrons. The molecule has 0 spiro atoms. The van der Waals surface area contributed by atoms with E-state index in [2.05, 4.69) is 15.5 Å². The summed E-state index contributed by atoms with van der Waals surface area (Å²) < 4.78 is 18.0. The maximum Gasteiger partial charge on any atom is 0.150 e. The summed E-state index contributed by atoms with van der Waals surface area (Å²) in [5.41, 5.74) is 1.66. The lowest BCUT2D eigenvalue weighted by atomic mass is 10.1. The molecule has 90 valence electrons. The number of nitrogens with one attached hydrogen (secondary N) is 1. The van der Waals surface area contributed by atoms with Crippen LogP contribution in [0.1, 0.15) is 30.0 Å². The maximum atomic E-state index is 13.0. The predicted octanol–water partition coefficient (Wildman–Crippen LogP) is 2.37. The van der Waals surface area contributed by atoms with Crippen LogP contribution in [0.2, 0.25) is 0 Å². The molecule has 0 fully saturated rings. The first-order chi connectivity index (χ1) is 8.15. The Balaban J connectivity index is 1.95. The highest BCUT2D eigenvalue weighted by Gasteiger charge is 2.08. The minimum Gasteiger partial charge on any atom is -0.360 e. The van der Waals surface area contributed by atoms with Gasteiger partial charge in [0.15, 0.2) is 5.76 Å². The second-order valence-corrected chi connectivity index (χ2v) is 3.97. The molecule has 0 aliphatic heterocycles. The number of pyridine rings is 1. The molecule has 2 rings (SSSR count). The summed E-state index contributed by atoms with van der Waals surface area (Å²) in [5.74, 6) is 0.436. The molecular formula is C12H14FN3O. The van der Waals surface area contributed by atoms with E-state index in [0.29, 0.717) is 6.54 Å². The third-order valence-corrected chi connectivity index (χ3v) is 2.49. The number of rotatable bonds is 4. The first kappa shape index (κ1) is 11.7. The van der Waals surface area contributed by atoms with E-state index in [0.717, 1.165) is 17.0 Å². The largest absolute Gasteiger partial charge is 0.360 e. The molecule has 4 nitrogen and oxygen atoms in total. The zero-order valence-electron chi connectivity index (χ0n) is 9.77. The van der Waals surface area contributed by atoms with Gasteiger partial charge in [-0.15, -0.1) is 0 Å². The van der Waals surface area contributed by atoms with Crippen molar-refractivity contribution >= 4 is 0 Å². The molecule has 2 heterocycles. The van der Waals surface area contributed by atoms with Gasteiger partial charge in [0, 0.05) is 18.3 Å². The lowest BCUT2D eigenvalue weighted by Gasteiger charge is -2.12. The van der Waals surface area contributed by atoms with Crippen molar-refractivity contribution in [2.75, 3.05) is 0 Å². The Morgan fingerprint density at radius 2 is 2.24 bits per heavy atom. The zero-order chi connectivity index (χ0) is 12.3. The van der Waals surface area contributed by atoms with Gasteiger partial charge in [-0.25, -0.2) is 4.39 Å². The highest BCUT2D eigenvalue weighted by Crippen LogP contribution is 2.13. The minimum absolute atomic E-state index is 0.00334. The van der Waals surface area contributed by atoms with Crippen LogP contribution in [0.15, 0.2) is 29.0 Å². The van der Waals surface area contributed by atoms with Crippen molar-refractivity contribution in [1.29, 1.82) is 0 Å². The smallest absolute Gasteiger partial charge is 0.150 e. The van der Waals surface area contributed by atoms with Gasteiger partial charge in [0.2, 0.25) is 0 Å². The second kappa shape index (κ2) is 5.05. The molecule has 1 unspecified atom stereocenters. The van der Waals surface area contributed by atoms with Crippen LogP contribution in [-0.2, 0) is 6.54 Å². The van der Waals surface area contributed by atoms with E-state index in [1.165, 1.54) is 12.3 Å². The van der Waals surface area contributed by atoms with Crippen molar-refractivity contribution in [3.05, 3.63) is 47.4 Å². The number of hydrogen-bond donors (Lipinski definition) is 1. The number of halogens is 1. The predicted molar refractivity (Wildman–Crippen MR) is 60.7 cm³/mol. The van der Waals surface area contributed by atoms with Gasteiger partial charge in [-0.05, 0) is 25.5 Å². The Morgan fingerprint density at radius 1 is 1.41 bits per heavy atom. The Morgan fingerprint density at radius 3 is 2.88 bits per heavy atom. The highest BCUT2D eigenvalue weighted by atomic mass is 19.1. The van der Waals surface area contributed by atoms with E-state index >= 15 is 0 Å². The van der Waals surface area contributed by atoms with Crippen LogP contribution >= 0.6 is 0 Å². The molecule has 0 saturated carbocycles. The van der Waals surface area contributed by atoms with Gasteiger partial charge >= 0.3 is 0 Å². The van der Waals surface area contributed by atoms with E-state index in [9.17, 15) is 4.39 Å². The van der Waals surface area contributed by atoms with Crippen molar-refractivity contribution in [2.45, 2.75) is 26.4 Å². The number of nitrogens with zero attached hydrogens (tertiary/aromatic N) is 2. The third kappa shape index (κ3) is 3.10. The van der Waals surface area contributed by atoms with E-state index in [1.807, 2.05) is 19.9 Å². The molecular weight excluding hydrogens is 221 g/mol. The second-order valence-electron chi connectivity index (χ2n) is 3.97. The average Bonchev–Trinajstić information content (AvgIpc) is 2.72. The van der Waals surface area contributed by atoms with Gasteiger partial charge in [0.1, 0.15) is 5.82 Å². The molecule has 1 N–H and O–H groups in total. The quantitative estimate of drug-likeness (QED) is 0.883. The Bertz CT molecular complexity index is 498. The molecule has 5 heteroatoms. The summed E-state index contributed by atoms with van der Waals surface area (Å²) >= 11 is 0. The lowest BCUT2D eigenvalue weighted by Crippen LogP contribution is -2.18. The maximum absolute atomic E-state index is 13.0. The van der Waals surface area contributed by atoms with Gasteiger partial charge < -0.3 is 9.84 Å². The topological polar surface area (TPSA) is 51.0 Å². The van der Waals surface area contributed by atoms with Crippen molar-refractivity contribution < 1.29 is 8.91 Å². The lowest BCUT2D eigenvalue weighted by molar-refractivity contribution is 0.363. The Hall–Kier alpha value is -1.75. The van der Waals surface area contributed by atoms with E-state index < -0.39 is 0 Å². The molecule has 0 saturated heterocycles. The highest BCUT2D eigenvalue weighted by molar-refractivity contribution is 5.14. The summed E-state index contributed by atoms with van der Waals surface area (Å²) in [6.45, 7) is 4.37. The van der Waals surface area contributed by atoms with Crippen LogP contribution in [0.5, 0.6) is 0 Å². The standard InChI is InChI=1S/C12H14FN3O/c1-8-3-12(17-16-8)7-15-9(2)10-4-11(13)6-14-5-10/h3-6,9,15H,7H2,1-2H3. The SMILES string of the molecule is Cc1cc(CNC(C)c2cncc(F)c2)on1. The van der Waals surface area contributed by atoms with Crippen LogP contribution in [0.25, 0.3) is 0 Å². The number of hydrogen-bond acceptors (Lipinski definition) is 4. The molecule has 2 aromatic rings. The minimum atomic E-state index is -0.327. The Labute approximate surface area is 98.8 Å². The van der Waals surface area contributed by atoms with E-state index in [4.69, 9.17) is 4.52 Å². The molecule has 17 heavy (non-hydrogen) atoms. The molecule has 0 aromatic carbocycles. The van der Waals surface area contributed by atoms with Crippen molar-refractivity contribution in [2.24, 2.45) is 0 Å². The average molecular weight is 235 g/mol. The summed E-state index contributed by atoms with van der Waals surface area (Å²) in [4.78, 5) is 3.81. The molecule has 0 aliphatic carbocycles. The monoisotopic (exact) mass is 235 g/mol. The van der Waals surface area contributed by atoms with Gasteiger partial charge in [-0.2, -0.15) is 0 Å². The number of aromatic nitrogens is 2.